The van der Waals surface area contributed by atoms with Gasteiger partial charge >= 0.3 is 6.09 Å². The maximum atomic E-state index is 11.3. The molecule has 1 aromatic rings. The van der Waals surface area contributed by atoms with Crippen molar-refractivity contribution in [3.63, 3.8) is 0 Å². The Morgan fingerprint density at radius 3 is 3.20 bits per heavy atom. The van der Waals surface area contributed by atoms with Crippen LogP contribution in [0, 0.1) is 0 Å². The maximum Gasteiger partial charge on any atom is 0.416 e. The predicted octanol–water partition coefficient (Wildman–Crippen LogP) is 0.745. The molecule has 1 fully saturated rings. The minimum Gasteiger partial charge on any atom is -0.447 e. The Kier molecular flexibility index (Phi) is 2.10. The molecule has 0 unspecified atom stereocenters. The third-order valence-electron chi connectivity index (χ3n) is 2.58. The molecule has 15 heavy (non-hydrogen) atoms. The summed E-state index contributed by atoms with van der Waals surface area (Å²) in [6.07, 6.45) is 0.684. The van der Waals surface area contributed by atoms with Crippen molar-refractivity contribution in [2.75, 3.05) is 24.6 Å². The van der Waals surface area contributed by atoms with Crippen LogP contribution in [-0.2, 0) is 17.7 Å². The normalized spacial score (nSPS) is 20.3. The van der Waals surface area contributed by atoms with Gasteiger partial charge in [-0.05, 0) is 0 Å². The molecule has 6 heteroatoms. The van der Waals surface area contributed by atoms with E-state index in [0.29, 0.717) is 13.2 Å². The molecule has 0 spiro atoms. The Bertz CT molecular complexity index is 381. The number of rotatable bonds is 1. The van der Waals surface area contributed by atoms with Crippen LogP contribution in [0.25, 0.3) is 0 Å². The van der Waals surface area contributed by atoms with Crippen LogP contribution in [0.2, 0.25) is 0 Å². The van der Waals surface area contributed by atoms with Crippen molar-refractivity contribution in [3.05, 3.63) is 10.6 Å². The summed E-state index contributed by atoms with van der Waals surface area (Å²) in [5, 5.41) is 4.08. The second-order valence-corrected chi connectivity index (χ2v) is 4.62. The van der Waals surface area contributed by atoms with Crippen molar-refractivity contribution in [1.29, 1.82) is 0 Å². The van der Waals surface area contributed by atoms with Crippen LogP contribution in [0.4, 0.5) is 9.93 Å². The summed E-state index contributed by atoms with van der Waals surface area (Å²) in [5.74, 6) is 0. The molecule has 2 aliphatic rings. The third kappa shape index (κ3) is 1.49. The zero-order chi connectivity index (χ0) is 10.3. The van der Waals surface area contributed by atoms with E-state index >= 15 is 0 Å². The first-order chi connectivity index (χ1) is 7.34. The van der Waals surface area contributed by atoms with E-state index in [-0.39, 0.29) is 6.09 Å². The van der Waals surface area contributed by atoms with Crippen molar-refractivity contribution < 1.29 is 9.53 Å². The minimum atomic E-state index is -0.269. The molecule has 0 aromatic carbocycles. The van der Waals surface area contributed by atoms with Gasteiger partial charge in [0.2, 0.25) is 0 Å². The van der Waals surface area contributed by atoms with Crippen molar-refractivity contribution in [2.24, 2.45) is 0 Å². The molecule has 1 aromatic heterocycles. The predicted molar refractivity (Wildman–Crippen MR) is 56.2 cm³/mol. The second-order valence-electron chi connectivity index (χ2n) is 3.56. The molecule has 3 heterocycles. The summed E-state index contributed by atoms with van der Waals surface area (Å²) >= 11 is 1.59. The average molecular weight is 225 g/mol. The fraction of sp³-hybridized carbons (Fsp3) is 0.556. The van der Waals surface area contributed by atoms with E-state index < -0.39 is 0 Å². The SMILES string of the molecule is O=C1OCCN1c1nc2c(s1)CNCC2. The molecule has 0 radical (unpaired) electrons. The summed E-state index contributed by atoms with van der Waals surface area (Å²) < 4.78 is 4.89. The van der Waals surface area contributed by atoms with Gasteiger partial charge in [-0.1, -0.05) is 11.3 Å². The lowest BCUT2D eigenvalue weighted by Gasteiger charge is -2.09. The Hall–Kier alpha value is -1.14. The molecule has 0 saturated carbocycles. The zero-order valence-corrected chi connectivity index (χ0v) is 8.97. The van der Waals surface area contributed by atoms with E-state index in [1.807, 2.05) is 0 Å². The van der Waals surface area contributed by atoms with Gasteiger partial charge in [0.05, 0.1) is 12.2 Å². The molecule has 2 aliphatic heterocycles. The monoisotopic (exact) mass is 225 g/mol. The first-order valence-electron chi connectivity index (χ1n) is 4.98. The molecule has 80 valence electrons. The number of thiazole rings is 1. The Balaban J connectivity index is 1.92. The lowest BCUT2D eigenvalue weighted by Crippen LogP contribution is -2.23. The summed E-state index contributed by atoms with van der Waals surface area (Å²) in [4.78, 5) is 18.7. The number of amides is 1. The van der Waals surface area contributed by atoms with Gasteiger partial charge in [-0.3, -0.25) is 0 Å². The highest BCUT2D eigenvalue weighted by molar-refractivity contribution is 7.15. The van der Waals surface area contributed by atoms with Crippen molar-refractivity contribution >= 4 is 22.6 Å². The summed E-state index contributed by atoms with van der Waals surface area (Å²) in [7, 11) is 0. The summed E-state index contributed by atoms with van der Waals surface area (Å²) in [6.45, 7) is 2.94. The van der Waals surface area contributed by atoms with Gasteiger partial charge in [-0.15, -0.1) is 0 Å². The summed E-state index contributed by atoms with van der Waals surface area (Å²) in [6, 6.07) is 0. The second kappa shape index (κ2) is 3.46. The van der Waals surface area contributed by atoms with Crippen LogP contribution in [-0.4, -0.2) is 30.8 Å². The molecule has 5 nitrogen and oxygen atoms in total. The number of aromatic nitrogens is 1. The first kappa shape index (κ1) is 9.11. The number of hydrogen-bond donors (Lipinski definition) is 1. The largest absolute Gasteiger partial charge is 0.447 e. The van der Waals surface area contributed by atoms with Gasteiger partial charge in [0, 0.05) is 24.4 Å². The van der Waals surface area contributed by atoms with Gasteiger partial charge < -0.3 is 10.1 Å². The van der Waals surface area contributed by atoms with Crippen LogP contribution in [0.5, 0.6) is 0 Å². The number of carbonyl (C=O) groups is 1. The minimum absolute atomic E-state index is 0.269. The first-order valence-corrected chi connectivity index (χ1v) is 5.80. The van der Waals surface area contributed by atoms with E-state index in [9.17, 15) is 4.79 Å². The molecule has 0 atom stereocenters. The molecule has 0 bridgehead atoms. The van der Waals surface area contributed by atoms with E-state index in [2.05, 4.69) is 10.3 Å². The standard InChI is InChI=1S/C9H11N3O2S/c13-9-12(3-4-14-9)8-11-6-1-2-10-5-7(6)15-8/h10H,1-5H2. The molecular formula is C9H11N3O2S. The Morgan fingerprint density at radius 1 is 1.53 bits per heavy atom. The van der Waals surface area contributed by atoms with Crippen LogP contribution in [0.1, 0.15) is 10.6 Å². The van der Waals surface area contributed by atoms with Gasteiger partial charge in [0.25, 0.3) is 0 Å². The van der Waals surface area contributed by atoms with Crippen molar-refractivity contribution in [2.45, 2.75) is 13.0 Å². The van der Waals surface area contributed by atoms with E-state index in [4.69, 9.17) is 4.74 Å². The van der Waals surface area contributed by atoms with E-state index in [0.717, 1.165) is 30.3 Å². The molecular weight excluding hydrogens is 214 g/mol. The number of hydrogen-bond acceptors (Lipinski definition) is 5. The quantitative estimate of drug-likeness (QED) is 0.766. The van der Waals surface area contributed by atoms with Gasteiger partial charge in [0.1, 0.15) is 6.61 Å². The highest BCUT2D eigenvalue weighted by atomic mass is 32.1. The van der Waals surface area contributed by atoms with Crippen LogP contribution in [0.15, 0.2) is 0 Å². The molecule has 0 aliphatic carbocycles. The molecule has 1 saturated heterocycles. The third-order valence-corrected chi connectivity index (χ3v) is 3.70. The molecule has 3 rings (SSSR count). The maximum absolute atomic E-state index is 11.3. The fourth-order valence-corrected chi connectivity index (χ4v) is 2.89. The topological polar surface area (TPSA) is 54.5 Å². The number of cyclic esters (lactones) is 1. The lowest BCUT2D eigenvalue weighted by atomic mass is 10.2. The Morgan fingerprint density at radius 2 is 2.47 bits per heavy atom. The number of ether oxygens (including phenoxy) is 1. The van der Waals surface area contributed by atoms with Crippen LogP contribution < -0.4 is 10.2 Å². The Labute approximate surface area is 91.1 Å². The van der Waals surface area contributed by atoms with Gasteiger partial charge in [-0.2, -0.15) is 0 Å². The highest BCUT2D eigenvalue weighted by Crippen LogP contribution is 2.29. The highest BCUT2D eigenvalue weighted by Gasteiger charge is 2.28. The smallest absolute Gasteiger partial charge is 0.416 e. The number of carbonyl (C=O) groups excluding carboxylic acids is 1. The zero-order valence-electron chi connectivity index (χ0n) is 8.15. The molecule has 1 N–H and O–H groups in total. The molecule has 1 amide bonds. The number of nitrogens with zero attached hydrogens (tertiary/aromatic N) is 2. The van der Waals surface area contributed by atoms with Gasteiger partial charge in [0.15, 0.2) is 5.13 Å². The van der Waals surface area contributed by atoms with E-state index in [1.165, 1.54) is 4.88 Å². The lowest BCUT2D eigenvalue weighted by molar-refractivity contribution is 0.181. The average Bonchev–Trinajstić information content (AvgIpc) is 2.82. The fourth-order valence-electron chi connectivity index (χ4n) is 1.79. The van der Waals surface area contributed by atoms with Crippen LogP contribution >= 0.6 is 11.3 Å². The number of nitrogens with one attached hydrogen (secondary N) is 1. The summed E-state index contributed by atoms with van der Waals surface area (Å²) in [5.41, 5.74) is 1.13. The van der Waals surface area contributed by atoms with E-state index in [1.54, 1.807) is 16.2 Å². The van der Waals surface area contributed by atoms with Crippen LogP contribution in [0.3, 0.4) is 0 Å². The van der Waals surface area contributed by atoms with Crippen molar-refractivity contribution in [3.8, 4) is 0 Å². The number of fused-ring (bicyclic) bond motifs is 1. The van der Waals surface area contributed by atoms with Crippen molar-refractivity contribution in [1.82, 2.24) is 10.3 Å². The van der Waals surface area contributed by atoms with Gasteiger partial charge in [-0.25, -0.2) is 14.7 Å². The number of anilines is 1.